The van der Waals surface area contributed by atoms with E-state index in [0.717, 1.165) is 23.4 Å². The van der Waals surface area contributed by atoms with Gasteiger partial charge in [-0.1, -0.05) is 18.2 Å². The molecule has 3 atom stereocenters. The lowest BCUT2D eigenvalue weighted by Gasteiger charge is -2.38. The molecule has 2 aromatic rings. The van der Waals surface area contributed by atoms with Gasteiger partial charge in [-0.05, 0) is 53.8 Å². The van der Waals surface area contributed by atoms with Crippen molar-refractivity contribution in [2.45, 2.75) is 32.2 Å². The van der Waals surface area contributed by atoms with Crippen LogP contribution in [0.2, 0.25) is 0 Å². The van der Waals surface area contributed by atoms with Crippen LogP contribution in [-0.2, 0) is 9.59 Å². The number of rotatable bonds is 4. The molecule has 1 aliphatic carbocycles. The molecule has 1 N–H and O–H groups in total. The van der Waals surface area contributed by atoms with Crippen molar-refractivity contribution in [3.8, 4) is 11.5 Å². The standard InChI is InChI=1S/C24H26N2O4/c1-14(27)26(3)17-9-10-21-20(13-17)18-6-5-7-19(18)24(25-21)16-8-11-22(30-15(2)28)23(12-16)29-4/h5-6,8-13,18-19,24-25H,7H2,1-4H3. The number of benzene rings is 2. The minimum Gasteiger partial charge on any atom is -0.493 e. The van der Waals surface area contributed by atoms with Crippen molar-refractivity contribution in [3.63, 3.8) is 0 Å². The minimum absolute atomic E-state index is 0.00933. The summed E-state index contributed by atoms with van der Waals surface area (Å²) in [4.78, 5) is 24.8. The molecule has 2 aromatic carbocycles. The van der Waals surface area contributed by atoms with Gasteiger partial charge in [-0.25, -0.2) is 0 Å². The number of allylic oxidation sites excluding steroid dienone is 2. The molecular weight excluding hydrogens is 380 g/mol. The van der Waals surface area contributed by atoms with Crippen LogP contribution >= 0.6 is 0 Å². The smallest absolute Gasteiger partial charge is 0.308 e. The fraction of sp³-hybridized carbons (Fsp3) is 0.333. The van der Waals surface area contributed by atoms with Crippen LogP contribution in [0, 0.1) is 5.92 Å². The number of methoxy groups -OCH3 is 1. The lowest BCUT2D eigenvalue weighted by molar-refractivity contribution is -0.132. The van der Waals surface area contributed by atoms with Crippen molar-refractivity contribution >= 4 is 23.3 Å². The SMILES string of the molecule is COc1cc(C2Nc3ccc(N(C)C(C)=O)cc3C3C=CCC32)ccc1OC(C)=O. The van der Waals surface area contributed by atoms with Crippen molar-refractivity contribution in [1.82, 2.24) is 0 Å². The Bertz CT molecular complexity index is 1030. The van der Waals surface area contributed by atoms with Crippen molar-refractivity contribution < 1.29 is 19.1 Å². The molecule has 0 saturated heterocycles. The number of fused-ring (bicyclic) bond motifs is 3. The van der Waals surface area contributed by atoms with Gasteiger partial charge in [-0.3, -0.25) is 9.59 Å². The Balaban J connectivity index is 1.70. The zero-order valence-corrected chi connectivity index (χ0v) is 17.6. The van der Waals surface area contributed by atoms with E-state index in [1.165, 1.54) is 12.5 Å². The number of esters is 1. The highest BCUT2D eigenvalue weighted by molar-refractivity contribution is 5.91. The van der Waals surface area contributed by atoms with E-state index in [1.807, 2.05) is 24.3 Å². The molecule has 1 aliphatic heterocycles. The number of nitrogens with zero attached hydrogens (tertiary/aromatic N) is 1. The highest BCUT2D eigenvalue weighted by atomic mass is 16.6. The first kappa shape index (κ1) is 20.0. The first-order valence-electron chi connectivity index (χ1n) is 10.1. The molecule has 0 fully saturated rings. The molecule has 0 aromatic heterocycles. The lowest BCUT2D eigenvalue weighted by atomic mass is 9.77. The summed E-state index contributed by atoms with van der Waals surface area (Å²) in [5.41, 5.74) is 4.25. The number of carbonyl (C=O) groups excluding carboxylic acids is 2. The summed E-state index contributed by atoms with van der Waals surface area (Å²) in [7, 11) is 3.37. The predicted octanol–water partition coefficient (Wildman–Crippen LogP) is 4.43. The van der Waals surface area contributed by atoms with E-state index >= 15 is 0 Å². The van der Waals surface area contributed by atoms with Gasteiger partial charge in [-0.2, -0.15) is 0 Å². The predicted molar refractivity (Wildman–Crippen MR) is 116 cm³/mol. The second-order valence-electron chi connectivity index (χ2n) is 7.83. The van der Waals surface area contributed by atoms with Crippen molar-refractivity contribution in [2.24, 2.45) is 5.92 Å². The van der Waals surface area contributed by atoms with Gasteiger partial charge in [0.05, 0.1) is 13.2 Å². The Hall–Kier alpha value is -3.28. The van der Waals surface area contributed by atoms with Crippen LogP contribution in [0.1, 0.15) is 43.4 Å². The molecule has 6 heteroatoms. The third kappa shape index (κ3) is 3.54. The van der Waals surface area contributed by atoms with Crippen LogP contribution in [0.4, 0.5) is 11.4 Å². The van der Waals surface area contributed by atoms with Crippen molar-refractivity contribution in [3.05, 3.63) is 59.7 Å². The molecule has 1 heterocycles. The van der Waals surface area contributed by atoms with Crippen LogP contribution in [0.25, 0.3) is 0 Å². The Morgan fingerprint density at radius 1 is 1.10 bits per heavy atom. The summed E-state index contributed by atoms with van der Waals surface area (Å²) in [6.45, 7) is 2.94. The zero-order valence-electron chi connectivity index (χ0n) is 17.6. The fourth-order valence-electron chi connectivity index (χ4n) is 4.42. The van der Waals surface area contributed by atoms with Crippen molar-refractivity contribution in [2.75, 3.05) is 24.4 Å². The van der Waals surface area contributed by atoms with Gasteiger partial charge < -0.3 is 19.7 Å². The minimum atomic E-state index is -0.378. The molecule has 0 saturated carbocycles. The van der Waals surface area contributed by atoms with E-state index in [4.69, 9.17) is 9.47 Å². The molecule has 1 amide bonds. The summed E-state index contributed by atoms with van der Waals surface area (Å²) < 4.78 is 10.7. The second-order valence-corrected chi connectivity index (χ2v) is 7.83. The quantitative estimate of drug-likeness (QED) is 0.462. The average molecular weight is 406 g/mol. The van der Waals surface area contributed by atoms with Gasteiger partial charge in [0.1, 0.15) is 0 Å². The van der Waals surface area contributed by atoms with E-state index in [2.05, 4.69) is 23.5 Å². The molecule has 0 spiro atoms. The van der Waals surface area contributed by atoms with Crippen LogP contribution in [0.3, 0.4) is 0 Å². The van der Waals surface area contributed by atoms with Crippen LogP contribution in [-0.4, -0.2) is 26.0 Å². The lowest BCUT2D eigenvalue weighted by Crippen LogP contribution is -2.30. The molecule has 30 heavy (non-hydrogen) atoms. The van der Waals surface area contributed by atoms with E-state index in [9.17, 15) is 9.59 Å². The zero-order chi connectivity index (χ0) is 21.4. The molecule has 156 valence electrons. The Kier molecular flexibility index (Phi) is 5.24. The highest BCUT2D eigenvalue weighted by Crippen LogP contribution is 2.51. The molecule has 0 bridgehead atoms. The topological polar surface area (TPSA) is 67.9 Å². The van der Waals surface area contributed by atoms with Crippen LogP contribution in [0.5, 0.6) is 11.5 Å². The third-order valence-corrected chi connectivity index (χ3v) is 6.01. The number of hydrogen-bond acceptors (Lipinski definition) is 5. The second kappa shape index (κ2) is 7.86. The van der Waals surface area contributed by atoms with Gasteiger partial charge in [0, 0.05) is 38.2 Å². The van der Waals surface area contributed by atoms with E-state index < -0.39 is 0 Å². The number of amides is 1. The largest absolute Gasteiger partial charge is 0.493 e. The number of anilines is 2. The first-order chi connectivity index (χ1) is 14.4. The maximum atomic E-state index is 11.8. The monoisotopic (exact) mass is 406 g/mol. The highest BCUT2D eigenvalue weighted by Gasteiger charge is 2.38. The third-order valence-electron chi connectivity index (χ3n) is 6.01. The van der Waals surface area contributed by atoms with Gasteiger partial charge in [0.15, 0.2) is 11.5 Å². The van der Waals surface area contributed by atoms with Gasteiger partial charge in [0.2, 0.25) is 5.91 Å². The van der Waals surface area contributed by atoms with Crippen molar-refractivity contribution in [1.29, 1.82) is 0 Å². The first-order valence-corrected chi connectivity index (χ1v) is 10.1. The fourth-order valence-corrected chi connectivity index (χ4v) is 4.42. The van der Waals surface area contributed by atoms with E-state index in [0.29, 0.717) is 17.4 Å². The van der Waals surface area contributed by atoms with E-state index in [-0.39, 0.29) is 23.8 Å². The average Bonchev–Trinajstić information content (AvgIpc) is 3.22. The Morgan fingerprint density at radius 2 is 1.90 bits per heavy atom. The molecule has 0 radical (unpaired) electrons. The number of nitrogens with one attached hydrogen (secondary N) is 1. The van der Waals surface area contributed by atoms with Gasteiger partial charge >= 0.3 is 5.97 Å². The summed E-state index contributed by atoms with van der Waals surface area (Å²) in [5, 5.41) is 3.68. The normalized spacial score (nSPS) is 21.3. The molecule has 6 nitrogen and oxygen atoms in total. The van der Waals surface area contributed by atoms with Crippen LogP contribution in [0.15, 0.2) is 48.6 Å². The maximum Gasteiger partial charge on any atom is 0.308 e. The summed E-state index contributed by atoms with van der Waals surface area (Å²) >= 11 is 0. The van der Waals surface area contributed by atoms with Crippen LogP contribution < -0.4 is 19.7 Å². The molecule has 2 aliphatic rings. The summed E-state index contributed by atoms with van der Waals surface area (Å²) in [6.07, 6.45) is 5.45. The molecule has 3 unspecified atom stereocenters. The number of ether oxygens (including phenoxy) is 2. The maximum absolute atomic E-state index is 11.8. The van der Waals surface area contributed by atoms with E-state index in [1.54, 1.807) is 32.0 Å². The summed E-state index contributed by atoms with van der Waals surface area (Å²) in [5.74, 6) is 1.21. The summed E-state index contributed by atoms with van der Waals surface area (Å²) in [6, 6.07) is 11.9. The molecule has 4 rings (SSSR count). The van der Waals surface area contributed by atoms with Gasteiger partial charge in [-0.15, -0.1) is 0 Å². The number of carbonyl (C=O) groups is 2. The Labute approximate surface area is 176 Å². The molecular formula is C24H26N2O4. The Morgan fingerprint density at radius 3 is 2.60 bits per heavy atom. The van der Waals surface area contributed by atoms with Gasteiger partial charge in [0.25, 0.3) is 0 Å². The number of hydrogen-bond donors (Lipinski definition) is 1.